The molecule has 0 spiro atoms. The summed E-state index contributed by atoms with van der Waals surface area (Å²) in [5.41, 5.74) is -0.481. The number of hydrogen-bond donors (Lipinski definition) is 2. The van der Waals surface area contributed by atoms with Crippen LogP contribution in [0.15, 0.2) is 12.3 Å². The van der Waals surface area contributed by atoms with Crippen LogP contribution in [-0.4, -0.2) is 27.0 Å². The average Bonchev–Trinajstić information content (AvgIpc) is 2.92. The average molecular weight is 279 g/mol. The predicted octanol–water partition coefficient (Wildman–Crippen LogP) is 2.68. The molecule has 1 fully saturated rings. The topological polar surface area (TPSA) is 105 Å². The number of nitrogens with one attached hydrogen (secondary N) is 1. The van der Waals surface area contributed by atoms with Gasteiger partial charge in [0.1, 0.15) is 17.6 Å². The lowest BCUT2D eigenvalue weighted by Gasteiger charge is -2.21. The highest BCUT2D eigenvalue weighted by molar-refractivity contribution is 5.93. The molecule has 1 unspecified atom stereocenters. The fraction of sp³-hybridized carbons (Fsp3) is 0.538. The van der Waals surface area contributed by atoms with E-state index >= 15 is 0 Å². The predicted molar refractivity (Wildman–Crippen MR) is 72.9 cm³/mol. The minimum Gasteiger partial charge on any atom is -0.478 e. The third-order valence-electron chi connectivity index (χ3n) is 3.79. The summed E-state index contributed by atoms with van der Waals surface area (Å²) in [6.07, 6.45) is 5.69. The molecule has 1 atom stereocenters. The number of carbonyl (C=O) groups is 1. The first kappa shape index (κ1) is 14.2. The molecule has 2 rings (SSSR count). The van der Waals surface area contributed by atoms with Gasteiger partial charge in [-0.2, -0.15) is 0 Å². The number of pyridine rings is 1. The lowest BCUT2D eigenvalue weighted by molar-refractivity contribution is -0.385. The first-order chi connectivity index (χ1) is 9.49. The van der Waals surface area contributed by atoms with Crippen molar-refractivity contribution in [3.63, 3.8) is 0 Å². The molecule has 1 aromatic heterocycles. The SMILES string of the molecule is CC(Nc1ncc([N+](=O)[O-])cc1C(=O)O)C1CCCC1. The standard InChI is InChI=1S/C13H17N3O4/c1-8(9-4-2-3-5-9)15-12-11(13(17)18)6-10(7-14-12)16(19)20/h6-9H,2-5H2,1H3,(H,14,15)(H,17,18). The zero-order valence-electron chi connectivity index (χ0n) is 11.2. The van der Waals surface area contributed by atoms with Crippen LogP contribution in [0.25, 0.3) is 0 Å². The highest BCUT2D eigenvalue weighted by Crippen LogP contribution is 2.30. The Morgan fingerprint density at radius 3 is 2.75 bits per heavy atom. The second kappa shape index (κ2) is 5.85. The van der Waals surface area contributed by atoms with Crippen LogP contribution in [0.5, 0.6) is 0 Å². The molecule has 1 aliphatic carbocycles. The van der Waals surface area contributed by atoms with Crippen molar-refractivity contribution in [2.45, 2.75) is 38.6 Å². The fourth-order valence-electron chi connectivity index (χ4n) is 2.62. The largest absolute Gasteiger partial charge is 0.478 e. The van der Waals surface area contributed by atoms with E-state index in [0.29, 0.717) is 5.92 Å². The van der Waals surface area contributed by atoms with Crippen molar-refractivity contribution in [2.24, 2.45) is 5.92 Å². The maximum Gasteiger partial charge on any atom is 0.339 e. The normalized spacial score (nSPS) is 16.9. The van der Waals surface area contributed by atoms with Gasteiger partial charge in [-0.15, -0.1) is 0 Å². The highest BCUT2D eigenvalue weighted by atomic mass is 16.6. The summed E-state index contributed by atoms with van der Waals surface area (Å²) in [7, 11) is 0. The first-order valence-corrected chi connectivity index (χ1v) is 6.63. The van der Waals surface area contributed by atoms with Crippen molar-refractivity contribution in [3.05, 3.63) is 27.9 Å². The van der Waals surface area contributed by atoms with Crippen molar-refractivity contribution < 1.29 is 14.8 Å². The summed E-state index contributed by atoms with van der Waals surface area (Å²) in [5, 5.41) is 22.9. The van der Waals surface area contributed by atoms with Gasteiger partial charge in [-0.05, 0) is 25.7 Å². The second-order valence-electron chi connectivity index (χ2n) is 5.13. The number of nitrogens with zero attached hydrogens (tertiary/aromatic N) is 2. The molecule has 7 heteroatoms. The monoisotopic (exact) mass is 279 g/mol. The summed E-state index contributed by atoms with van der Waals surface area (Å²) >= 11 is 0. The molecule has 0 amide bonds. The summed E-state index contributed by atoms with van der Waals surface area (Å²) in [5.74, 6) is -0.529. The molecule has 2 N–H and O–H groups in total. The molecule has 1 aromatic rings. The summed E-state index contributed by atoms with van der Waals surface area (Å²) in [6.45, 7) is 1.99. The van der Waals surface area contributed by atoms with Crippen LogP contribution in [0.3, 0.4) is 0 Å². The lowest BCUT2D eigenvalue weighted by Crippen LogP contribution is -2.25. The molecule has 20 heavy (non-hydrogen) atoms. The molecule has 0 bridgehead atoms. The van der Waals surface area contributed by atoms with E-state index in [2.05, 4.69) is 10.3 Å². The minimum absolute atomic E-state index is 0.101. The maximum atomic E-state index is 11.2. The maximum absolute atomic E-state index is 11.2. The number of nitro groups is 1. The summed E-state index contributed by atoms with van der Waals surface area (Å²) in [6, 6.07) is 1.14. The summed E-state index contributed by atoms with van der Waals surface area (Å²) < 4.78 is 0. The number of hydrogen-bond acceptors (Lipinski definition) is 5. The number of aromatic carboxylic acids is 1. The van der Waals surface area contributed by atoms with Crippen LogP contribution in [0.1, 0.15) is 43.0 Å². The molecule has 0 aliphatic heterocycles. The quantitative estimate of drug-likeness (QED) is 0.634. The van der Waals surface area contributed by atoms with E-state index in [0.717, 1.165) is 25.1 Å². The Morgan fingerprint density at radius 2 is 2.20 bits per heavy atom. The smallest absolute Gasteiger partial charge is 0.339 e. The van der Waals surface area contributed by atoms with E-state index in [1.165, 1.54) is 12.8 Å². The third-order valence-corrected chi connectivity index (χ3v) is 3.79. The van der Waals surface area contributed by atoms with E-state index in [-0.39, 0.29) is 23.1 Å². The number of carboxylic acids is 1. The van der Waals surface area contributed by atoms with Crippen LogP contribution >= 0.6 is 0 Å². The summed E-state index contributed by atoms with van der Waals surface area (Å²) in [4.78, 5) is 25.1. The molecule has 7 nitrogen and oxygen atoms in total. The Bertz CT molecular complexity index is 526. The van der Waals surface area contributed by atoms with Gasteiger partial charge in [0.15, 0.2) is 0 Å². The van der Waals surface area contributed by atoms with E-state index in [1.807, 2.05) is 6.92 Å². The number of aromatic nitrogens is 1. The van der Waals surface area contributed by atoms with Crippen molar-refractivity contribution in [2.75, 3.05) is 5.32 Å². The van der Waals surface area contributed by atoms with Gasteiger partial charge >= 0.3 is 5.97 Å². The van der Waals surface area contributed by atoms with Crippen molar-refractivity contribution in [1.82, 2.24) is 4.98 Å². The van der Waals surface area contributed by atoms with Gasteiger partial charge < -0.3 is 10.4 Å². The zero-order valence-corrected chi connectivity index (χ0v) is 11.2. The molecule has 1 heterocycles. The second-order valence-corrected chi connectivity index (χ2v) is 5.13. The Hall–Kier alpha value is -2.18. The molecular weight excluding hydrogens is 262 g/mol. The molecule has 108 valence electrons. The van der Waals surface area contributed by atoms with Crippen molar-refractivity contribution >= 4 is 17.5 Å². The van der Waals surface area contributed by atoms with E-state index in [4.69, 9.17) is 5.11 Å². The molecule has 0 radical (unpaired) electrons. The number of anilines is 1. The van der Waals surface area contributed by atoms with Crippen LogP contribution in [0.4, 0.5) is 11.5 Å². The van der Waals surface area contributed by atoms with Gasteiger partial charge in [-0.3, -0.25) is 10.1 Å². The van der Waals surface area contributed by atoms with Crippen molar-refractivity contribution in [3.8, 4) is 0 Å². The molecule has 0 saturated heterocycles. The van der Waals surface area contributed by atoms with Crippen LogP contribution in [0, 0.1) is 16.0 Å². The van der Waals surface area contributed by atoms with Gasteiger partial charge in [-0.1, -0.05) is 12.8 Å². The van der Waals surface area contributed by atoms with Crippen LogP contribution < -0.4 is 5.32 Å². The lowest BCUT2D eigenvalue weighted by atomic mass is 9.99. The van der Waals surface area contributed by atoms with Gasteiger partial charge in [0.25, 0.3) is 5.69 Å². The van der Waals surface area contributed by atoms with Gasteiger partial charge in [-0.25, -0.2) is 9.78 Å². The van der Waals surface area contributed by atoms with Gasteiger partial charge in [0.2, 0.25) is 0 Å². The van der Waals surface area contributed by atoms with E-state index < -0.39 is 10.9 Å². The van der Waals surface area contributed by atoms with E-state index in [1.54, 1.807) is 0 Å². The van der Waals surface area contributed by atoms with Gasteiger partial charge in [0, 0.05) is 12.1 Å². The molecular formula is C13H17N3O4. The Morgan fingerprint density at radius 1 is 1.55 bits per heavy atom. The zero-order chi connectivity index (χ0) is 14.7. The highest BCUT2D eigenvalue weighted by Gasteiger charge is 2.24. The van der Waals surface area contributed by atoms with Crippen molar-refractivity contribution in [1.29, 1.82) is 0 Å². The Balaban J connectivity index is 2.21. The molecule has 1 aliphatic rings. The van der Waals surface area contributed by atoms with Gasteiger partial charge in [0.05, 0.1) is 4.92 Å². The molecule has 0 aromatic carbocycles. The van der Waals surface area contributed by atoms with Crippen LogP contribution in [0.2, 0.25) is 0 Å². The fourth-order valence-corrected chi connectivity index (χ4v) is 2.62. The number of carboxylic acid groups (broad SMARTS) is 1. The third kappa shape index (κ3) is 3.04. The molecule has 1 saturated carbocycles. The Labute approximate surface area is 116 Å². The Kier molecular flexibility index (Phi) is 4.16. The minimum atomic E-state index is -1.22. The first-order valence-electron chi connectivity index (χ1n) is 6.63. The van der Waals surface area contributed by atoms with E-state index in [9.17, 15) is 14.9 Å². The number of rotatable bonds is 5. The van der Waals surface area contributed by atoms with Crippen LogP contribution in [-0.2, 0) is 0 Å².